The predicted octanol–water partition coefficient (Wildman–Crippen LogP) is 12.9. The molecule has 0 rings (SSSR count). The molecular formula is C50H86NO10P. The maximum Gasteiger partial charge on any atom is 0.472 e. The molecule has 62 heavy (non-hydrogen) atoms. The highest BCUT2D eigenvalue weighted by Crippen LogP contribution is 2.43. The van der Waals surface area contributed by atoms with Gasteiger partial charge in [-0.05, 0) is 83.5 Å². The molecule has 0 bridgehead atoms. The van der Waals surface area contributed by atoms with Gasteiger partial charge in [-0.25, -0.2) is 9.36 Å². The summed E-state index contributed by atoms with van der Waals surface area (Å²) in [6, 6.07) is -1.56. The second-order valence-electron chi connectivity index (χ2n) is 15.9. The van der Waals surface area contributed by atoms with Crippen LogP contribution in [0.5, 0.6) is 0 Å². The molecule has 0 aliphatic carbocycles. The summed E-state index contributed by atoms with van der Waals surface area (Å²) in [5.41, 5.74) is 0. The molecule has 11 nitrogen and oxygen atoms in total. The highest BCUT2D eigenvalue weighted by molar-refractivity contribution is 7.47. The molecule has 1 amide bonds. The zero-order valence-electron chi connectivity index (χ0n) is 38.6. The number of carboxylic acids is 1. The van der Waals surface area contributed by atoms with Gasteiger partial charge in [0, 0.05) is 12.8 Å². The highest BCUT2D eigenvalue weighted by Gasteiger charge is 2.28. The van der Waals surface area contributed by atoms with Crippen molar-refractivity contribution in [3.8, 4) is 0 Å². The van der Waals surface area contributed by atoms with Crippen LogP contribution in [-0.2, 0) is 32.7 Å². The van der Waals surface area contributed by atoms with Crippen molar-refractivity contribution in [2.24, 2.45) is 0 Å². The van der Waals surface area contributed by atoms with E-state index in [0.29, 0.717) is 12.8 Å². The molecule has 0 saturated carbocycles. The largest absolute Gasteiger partial charge is 0.480 e. The fraction of sp³-hybridized carbons (Fsp3) is 0.700. The molecule has 0 radical (unpaired) electrons. The molecular weight excluding hydrogens is 806 g/mol. The molecule has 0 saturated heterocycles. The van der Waals surface area contributed by atoms with E-state index < -0.39 is 57.6 Å². The van der Waals surface area contributed by atoms with Gasteiger partial charge in [0.15, 0.2) is 6.04 Å². The first-order valence-electron chi connectivity index (χ1n) is 24.0. The average Bonchev–Trinajstić information content (AvgIpc) is 3.25. The maximum absolute atomic E-state index is 12.4. The average molecular weight is 892 g/mol. The summed E-state index contributed by atoms with van der Waals surface area (Å²) in [4.78, 5) is 46.0. The van der Waals surface area contributed by atoms with Crippen LogP contribution in [0.1, 0.15) is 194 Å². The highest BCUT2D eigenvalue weighted by atomic mass is 31.2. The Hall–Kier alpha value is -3.08. The summed E-state index contributed by atoms with van der Waals surface area (Å²) in [6.07, 6.45) is 53.6. The van der Waals surface area contributed by atoms with Crippen LogP contribution in [0.25, 0.3) is 0 Å². The predicted molar refractivity (Wildman–Crippen MR) is 254 cm³/mol. The van der Waals surface area contributed by atoms with Gasteiger partial charge in [0.25, 0.3) is 0 Å². The Labute approximate surface area is 376 Å². The van der Waals surface area contributed by atoms with Crippen molar-refractivity contribution in [2.45, 2.75) is 206 Å². The Morgan fingerprint density at radius 1 is 0.532 bits per heavy atom. The third-order valence-electron chi connectivity index (χ3n) is 9.98. The summed E-state index contributed by atoms with van der Waals surface area (Å²) in [5.74, 6) is -2.42. The first-order valence-corrected chi connectivity index (χ1v) is 25.5. The second-order valence-corrected chi connectivity index (χ2v) is 17.4. The van der Waals surface area contributed by atoms with Crippen LogP contribution < -0.4 is 5.32 Å². The molecule has 12 heteroatoms. The van der Waals surface area contributed by atoms with Gasteiger partial charge in [0.1, 0.15) is 12.7 Å². The van der Waals surface area contributed by atoms with Crippen molar-refractivity contribution in [1.82, 2.24) is 5.32 Å². The first-order chi connectivity index (χ1) is 30.1. The normalized spacial score (nSPS) is 14.3. The molecule has 3 atom stereocenters. The van der Waals surface area contributed by atoms with Crippen molar-refractivity contribution in [2.75, 3.05) is 19.8 Å². The molecule has 4 N–H and O–H groups in total. The molecule has 0 heterocycles. The van der Waals surface area contributed by atoms with Crippen molar-refractivity contribution >= 4 is 25.7 Å². The van der Waals surface area contributed by atoms with Crippen LogP contribution in [0.2, 0.25) is 0 Å². The van der Waals surface area contributed by atoms with E-state index in [-0.39, 0.29) is 12.8 Å². The van der Waals surface area contributed by atoms with E-state index in [1.807, 2.05) is 0 Å². The number of unbranched alkanes of at least 4 members (excludes halogenated alkanes) is 18. The number of aliphatic hydroxyl groups excluding tert-OH is 1. The number of carbonyl (C=O) groups is 3. The summed E-state index contributed by atoms with van der Waals surface area (Å²) in [5, 5.41) is 21.9. The van der Waals surface area contributed by atoms with Gasteiger partial charge in [-0.1, -0.05) is 170 Å². The SMILES string of the molecule is CC/C=C\C/C=C\C/C=C\C/C=C\CCCCC(=O)OCC(O)COP(=O)(O)OCC(NC(=O)CCCCCCCCCCCCCCC/C=C\C/C=C\CCCCC)C(=O)O. The maximum atomic E-state index is 12.4. The Kier molecular flexibility index (Phi) is 42.3. The van der Waals surface area contributed by atoms with Crippen LogP contribution in [0.4, 0.5) is 0 Å². The Morgan fingerprint density at radius 2 is 0.935 bits per heavy atom. The monoisotopic (exact) mass is 892 g/mol. The zero-order chi connectivity index (χ0) is 45.6. The van der Waals surface area contributed by atoms with Crippen LogP contribution in [0.15, 0.2) is 72.9 Å². The van der Waals surface area contributed by atoms with E-state index in [4.69, 9.17) is 13.8 Å². The number of carboxylic acid groups (broad SMARTS) is 1. The number of amides is 1. The Bertz CT molecular complexity index is 1320. The number of phosphoric ester groups is 1. The van der Waals surface area contributed by atoms with Crippen molar-refractivity contribution in [3.05, 3.63) is 72.9 Å². The van der Waals surface area contributed by atoms with Gasteiger partial charge in [0.2, 0.25) is 5.91 Å². The topological polar surface area (TPSA) is 169 Å². The number of aliphatic hydroxyl groups is 1. The zero-order valence-corrected chi connectivity index (χ0v) is 39.5. The van der Waals surface area contributed by atoms with Gasteiger partial charge in [-0.3, -0.25) is 18.6 Å². The quantitative estimate of drug-likeness (QED) is 0.0200. The number of aliphatic carboxylic acids is 1. The van der Waals surface area contributed by atoms with E-state index in [1.54, 1.807) is 0 Å². The summed E-state index contributed by atoms with van der Waals surface area (Å²) in [6.45, 7) is 2.42. The number of carbonyl (C=O) groups excluding carboxylic acids is 2. The van der Waals surface area contributed by atoms with E-state index in [2.05, 4.69) is 92.1 Å². The molecule has 0 aliphatic heterocycles. The third-order valence-corrected chi connectivity index (χ3v) is 10.9. The molecule has 0 aromatic heterocycles. The lowest BCUT2D eigenvalue weighted by atomic mass is 10.0. The van der Waals surface area contributed by atoms with Gasteiger partial charge < -0.3 is 25.2 Å². The van der Waals surface area contributed by atoms with Crippen LogP contribution in [-0.4, -0.2) is 64.9 Å². The smallest absolute Gasteiger partial charge is 0.472 e. The number of esters is 1. The lowest BCUT2D eigenvalue weighted by molar-refractivity contribution is -0.147. The molecule has 0 aromatic rings. The Balaban J connectivity index is 3.89. The summed E-state index contributed by atoms with van der Waals surface area (Å²) in [7, 11) is -4.77. The standard InChI is InChI=1S/C50H86NO10P/c1-3-5-7-9-11-13-15-17-19-20-21-22-23-24-25-26-28-29-31-33-35-37-39-41-48(53)51-47(50(55)56)45-61-62(57,58)60-44-46(52)43-59-49(54)42-40-38-36-34-32-30-27-18-16-14-12-10-8-6-4-2/h6,8,11-14,17-19,27,32,34,46-47,52H,3-5,7,9-10,15-16,20-26,28-31,33,35-45H2,1-2H3,(H,51,53)(H,55,56)(H,57,58)/b8-6-,13-11-,14-12-,19-17-,27-18-,34-32-. The minimum Gasteiger partial charge on any atom is -0.480 e. The minimum atomic E-state index is -4.77. The lowest BCUT2D eigenvalue weighted by Crippen LogP contribution is -2.43. The van der Waals surface area contributed by atoms with Crippen molar-refractivity contribution < 1.29 is 47.8 Å². The van der Waals surface area contributed by atoms with E-state index in [0.717, 1.165) is 64.2 Å². The number of rotatable bonds is 44. The third kappa shape index (κ3) is 43.6. The number of nitrogens with one attached hydrogen (secondary N) is 1. The lowest BCUT2D eigenvalue weighted by Gasteiger charge is -2.18. The summed E-state index contributed by atoms with van der Waals surface area (Å²) >= 11 is 0. The minimum absolute atomic E-state index is 0.139. The van der Waals surface area contributed by atoms with E-state index in [1.165, 1.54) is 89.9 Å². The van der Waals surface area contributed by atoms with Crippen molar-refractivity contribution in [3.63, 3.8) is 0 Å². The van der Waals surface area contributed by atoms with Crippen molar-refractivity contribution in [1.29, 1.82) is 0 Å². The molecule has 356 valence electrons. The number of hydrogen-bond acceptors (Lipinski definition) is 8. The number of hydrogen-bond donors (Lipinski definition) is 4. The second kappa shape index (κ2) is 44.5. The first kappa shape index (κ1) is 58.9. The van der Waals surface area contributed by atoms with Crippen LogP contribution in [0.3, 0.4) is 0 Å². The molecule has 0 spiro atoms. The molecule has 0 aliphatic rings. The number of phosphoric acid groups is 1. The molecule has 0 aromatic carbocycles. The Morgan fingerprint density at radius 3 is 1.42 bits per heavy atom. The van der Waals surface area contributed by atoms with Gasteiger partial charge in [-0.15, -0.1) is 0 Å². The fourth-order valence-electron chi connectivity index (χ4n) is 6.28. The van der Waals surface area contributed by atoms with E-state index in [9.17, 15) is 34.1 Å². The van der Waals surface area contributed by atoms with Crippen LogP contribution >= 0.6 is 7.82 Å². The molecule has 0 fully saturated rings. The van der Waals surface area contributed by atoms with Gasteiger partial charge >= 0.3 is 19.8 Å². The van der Waals surface area contributed by atoms with Gasteiger partial charge in [0.05, 0.1) is 13.2 Å². The van der Waals surface area contributed by atoms with Gasteiger partial charge in [-0.2, -0.15) is 0 Å². The number of allylic oxidation sites excluding steroid dienone is 12. The fourth-order valence-corrected chi connectivity index (χ4v) is 7.05. The number of ether oxygens (including phenoxy) is 1. The molecule has 3 unspecified atom stereocenters. The van der Waals surface area contributed by atoms with Crippen LogP contribution in [0, 0.1) is 0 Å². The van der Waals surface area contributed by atoms with E-state index >= 15 is 0 Å². The summed E-state index contributed by atoms with van der Waals surface area (Å²) < 4.78 is 26.8.